The van der Waals surface area contributed by atoms with E-state index in [9.17, 15) is 9.59 Å². The highest BCUT2D eigenvalue weighted by atomic mass is 16.2. The Labute approximate surface area is 95.8 Å². The fourth-order valence-corrected chi connectivity index (χ4v) is 2.43. The second-order valence-electron chi connectivity index (χ2n) is 4.81. The van der Waals surface area contributed by atoms with Gasteiger partial charge < -0.3 is 9.69 Å². The summed E-state index contributed by atoms with van der Waals surface area (Å²) in [5, 5.41) is 0. The van der Waals surface area contributed by atoms with Gasteiger partial charge in [-0.2, -0.15) is 0 Å². The normalized spacial score (nSPS) is 30.1. The molecule has 86 valence electrons. The quantitative estimate of drug-likeness (QED) is 0.665. The van der Waals surface area contributed by atoms with Crippen LogP contribution in [0, 0.1) is 11.8 Å². The Morgan fingerprint density at radius 2 is 2.19 bits per heavy atom. The van der Waals surface area contributed by atoms with Crippen LogP contribution in [0.4, 0.5) is 0 Å². The molecule has 1 heterocycles. The van der Waals surface area contributed by atoms with Gasteiger partial charge in [0, 0.05) is 24.6 Å². The third-order valence-corrected chi connectivity index (χ3v) is 3.29. The molecule has 1 aliphatic heterocycles. The molecule has 0 bridgehead atoms. The van der Waals surface area contributed by atoms with Crippen molar-refractivity contribution in [1.82, 2.24) is 4.90 Å². The molecule has 1 saturated heterocycles. The van der Waals surface area contributed by atoms with E-state index in [4.69, 9.17) is 0 Å². The standard InChI is InChI=1S/C13H17NO2/c1-9-3-4-12(10(2)5-9)14-7-11(8-15)6-13(14)16/h3-4,8-9,11H,5-7H2,1-2H3. The lowest BCUT2D eigenvalue weighted by atomic mass is 9.94. The molecule has 2 aliphatic rings. The molecule has 0 aromatic carbocycles. The lowest BCUT2D eigenvalue weighted by Crippen LogP contribution is -2.26. The summed E-state index contributed by atoms with van der Waals surface area (Å²) in [5.74, 6) is 0.495. The zero-order chi connectivity index (χ0) is 11.7. The summed E-state index contributed by atoms with van der Waals surface area (Å²) in [7, 11) is 0. The Balaban J connectivity index is 2.20. The SMILES string of the molecule is CC1=C(N2CC(C=O)CC2=O)C=CC(C)C1. The van der Waals surface area contributed by atoms with Crippen molar-refractivity contribution in [2.45, 2.75) is 26.7 Å². The van der Waals surface area contributed by atoms with Crippen LogP contribution in [0.3, 0.4) is 0 Å². The molecule has 0 radical (unpaired) electrons. The van der Waals surface area contributed by atoms with Crippen LogP contribution in [0.15, 0.2) is 23.4 Å². The van der Waals surface area contributed by atoms with Crippen LogP contribution in [0.2, 0.25) is 0 Å². The minimum absolute atomic E-state index is 0.0747. The topological polar surface area (TPSA) is 37.4 Å². The Morgan fingerprint density at radius 1 is 1.44 bits per heavy atom. The van der Waals surface area contributed by atoms with E-state index in [1.54, 1.807) is 4.90 Å². The predicted octanol–water partition coefficient (Wildman–Crippen LogP) is 1.90. The zero-order valence-corrected chi connectivity index (χ0v) is 9.77. The molecule has 16 heavy (non-hydrogen) atoms. The van der Waals surface area contributed by atoms with E-state index in [2.05, 4.69) is 19.9 Å². The maximum Gasteiger partial charge on any atom is 0.227 e. The van der Waals surface area contributed by atoms with Crippen molar-refractivity contribution >= 4 is 12.2 Å². The van der Waals surface area contributed by atoms with E-state index < -0.39 is 0 Å². The smallest absolute Gasteiger partial charge is 0.227 e. The van der Waals surface area contributed by atoms with Crippen LogP contribution >= 0.6 is 0 Å². The Hall–Kier alpha value is -1.38. The van der Waals surface area contributed by atoms with E-state index in [1.165, 1.54) is 5.57 Å². The number of hydrogen-bond acceptors (Lipinski definition) is 2. The molecule has 2 unspecified atom stereocenters. The summed E-state index contributed by atoms with van der Waals surface area (Å²) in [6.45, 7) is 4.78. The summed E-state index contributed by atoms with van der Waals surface area (Å²) in [6.07, 6.45) is 6.41. The highest BCUT2D eigenvalue weighted by Gasteiger charge is 2.32. The number of aldehydes is 1. The summed E-state index contributed by atoms with van der Waals surface area (Å²) in [6, 6.07) is 0. The highest BCUT2D eigenvalue weighted by Crippen LogP contribution is 2.29. The average Bonchev–Trinajstić information content (AvgIpc) is 2.60. The number of hydrogen-bond donors (Lipinski definition) is 0. The van der Waals surface area contributed by atoms with Crippen LogP contribution in [0.5, 0.6) is 0 Å². The summed E-state index contributed by atoms with van der Waals surface area (Å²) >= 11 is 0. The first-order chi connectivity index (χ1) is 7.61. The van der Waals surface area contributed by atoms with Crippen molar-refractivity contribution in [3.8, 4) is 0 Å². The lowest BCUT2D eigenvalue weighted by molar-refractivity contribution is -0.126. The second kappa shape index (κ2) is 4.24. The van der Waals surface area contributed by atoms with Gasteiger partial charge in [0.2, 0.25) is 5.91 Å². The Kier molecular flexibility index (Phi) is 2.95. The average molecular weight is 219 g/mol. The number of carbonyl (C=O) groups excluding carboxylic acids is 2. The molecule has 0 saturated carbocycles. The molecule has 2 atom stereocenters. The van der Waals surface area contributed by atoms with Crippen molar-refractivity contribution < 1.29 is 9.59 Å². The van der Waals surface area contributed by atoms with Gasteiger partial charge in [-0.3, -0.25) is 4.79 Å². The number of amides is 1. The first-order valence-corrected chi connectivity index (χ1v) is 5.75. The lowest BCUT2D eigenvalue weighted by Gasteiger charge is -2.24. The molecule has 1 aliphatic carbocycles. The number of nitrogens with zero attached hydrogens (tertiary/aromatic N) is 1. The first-order valence-electron chi connectivity index (χ1n) is 5.75. The van der Waals surface area contributed by atoms with Crippen molar-refractivity contribution in [3.63, 3.8) is 0 Å². The van der Waals surface area contributed by atoms with Crippen LogP contribution in [-0.4, -0.2) is 23.6 Å². The van der Waals surface area contributed by atoms with Crippen molar-refractivity contribution in [3.05, 3.63) is 23.4 Å². The highest BCUT2D eigenvalue weighted by molar-refractivity contribution is 5.84. The van der Waals surface area contributed by atoms with Crippen molar-refractivity contribution in [1.29, 1.82) is 0 Å². The van der Waals surface area contributed by atoms with Gasteiger partial charge >= 0.3 is 0 Å². The largest absolute Gasteiger partial charge is 0.312 e. The number of allylic oxidation sites excluding steroid dienone is 3. The van der Waals surface area contributed by atoms with Gasteiger partial charge in [-0.15, -0.1) is 0 Å². The van der Waals surface area contributed by atoms with Gasteiger partial charge in [0.05, 0.1) is 0 Å². The van der Waals surface area contributed by atoms with Crippen LogP contribution < -0.4 is 0 Å². The second-order valence-corrected chi connectivity index (χ2v) is 4.81. The monoisotopic (exact) mass is 219 g/mol. The maximum absolute atomic E-state index is 11.8. The minimum atomic E-state index is -0.124. The third-order valence-electron chi connectivity index (χ3n) is 3.29. The minimum Gasteiger partial charge on any atom is -0.312 e. The maximum atomic E-state index is 11.8. The predicted molar refractivity (Wildman–Crippen MR) is 61.5 cm³/mol. The Bertz CT molecular complexity index is 381. The molecular formula is C13H17NO2. The zero-order valence-electron chi connectivity index (χ0n) is 9.77. The van der Waals surface area contributed by atoms with Gasteiger partial charge in [0.1, 0.15) is 6.29 Å². The summed E-state index contributed by atoms with van der Waals surface area (Å²) in [4.78, 5) is 24.2. The van der Waals surface area contributed by atoms with Crippen molar-refractivity contribution in [2.75, 3.05) is 6.54 Å². The van der Waals surface area contributed by atoms with E-state index in [1.807, 2.05) is 6.08 Å². The van der Waals surface area contributed by atoms with Gasteiger partial charge in [-0.1, -0.05) is 13.0 Å². The molecule has 3 heteroatoms. The van der Waals surface area contributed by atoms with Crippen LogP contribution in [-0.2, 0) is 9.59 Å². The fraction of sp³-hybridized carbons (Fsp3) is 0.538. The number of likely N-dealkylation sites (tertiary alicyclic amines) is 1. The van der Waals surface area contributed by atoms with Gasteiger partial charge in [0.25, 0.3) is 0 Å². The first kappa shape index (κ1) is 11.1. The van der Waals surface area contributed by atoms with E-state index in [0.29, 0.717) is 18.9 Å². The molecule has 2 rings (SSSR count). The number of carbonyl (C=O) groups is 2. The molecule has 0 aromatic heterocycles. The molecule has 0 N–H and O–H groups in total. The van der Waals surface area contributed by atoms with Gasteiger partial charge in [-0.05, 0) is 30.9 Å². The van der Waals surface area contributed by atoms with Gasteiger partial charge in [0.15, 0.2) is 0 Å². The molecular weight excluding hydrogens is 202 g/mol. The molecule has 0 spiro atoms. The van der Waals surface area contributed by atoms with Crippen molar-refractivity contribution in [2.24, 2.45) is 11.8 Å². The summed E-state index contributed by atoms with van der Waals surface area (Å²) in [5.41, 5.74) is 2.25. The van der Waals surface area contributed by atoms with E-state index in [0.717, 1.165) is 18.4 Å². The molecule has 1 fully saturated rings. The number of rotatable bonds is 2. The van der Waals surface area contributed by atoms with Crippen LogP contribution in [0.1, 0.15) is 26.7 Å². The fourth-order valence-electron chi connectivity index (χ4n) is 2.43. The Morgan fingerprint density at radius 3 is 2.75 bits per heavy atom. The third kappa shape index (κ3) is 1.94. The molecule has 1 amide bonds. The van der Waals surface area contributed by atoms with E-state index >= 15 is 0 Å². The van der Waals surface area contributed by atoms with Gasteiger partial charge in [-0.25, -0.2) is 0 Å². The van der Waals surface area contributed by atoms with E-state index in [-0.39, 0.29) is 11.8 Å². The molecule has 3 nitrogen and oxygen atoms in total. The summed E-state index contributed by atoms with van der Waals surface area (Å²) < 4.78 is 0. The van der Waals surface area contributed by atoms with Crippen LogP contribution in [0.25, 0.3) is 0 Å². The molecule has 0 aromatic rings.